The van der Waals surface area contributed by atoms with Crippen molar-refractivity contribution in [1.82, 2.24) is 15.3 Å². The fraction of sp³-hybridized carbons (Fsp3) is 0.625. The third-order valence-corrected chi connectivity index (χ3v) is 4.46. The Hall–Kier alpha value is -1.98. The van der Waals surface area contributed by atoms with Crippen molar-refractivity contribution in [2.24, 2.45) is 11.8 Å². The molecule has 4 unspecified atom stereocenters. The summed E-state index contributed by atoms with van der Waals surface area (Å²) in [6, 6.07) is 0.147. The van der Waals surface area contributed by atoms with E-state index in [1.54, 1.807) is 6.92 Å². The summed E-state index contributed by atoms with van der Waals surface area (Å²) in [5.74, 6) is 0.126. The summed E-state index contributed by atoms with van der Waals surface area (Å²) in [5.41, 5.74) is 0.0989. The van der Waals surface area contributed by atoms with E-state index in [0.717, 1.165) is 12.8 Å². The minimum Gasteiger partial charge on any atom is -0.448 e. The maximum atomic E-state index is 12.2. The van der Waals surface area contributed by atoms with E-state index in [0.29, 0.717) is 11.8 Å². The number of hydrogen-bond donors (Lipinski definition) is 1. The lowest BCUT2D eigenvalue weighted by Gasteiger charge is -2.35. The van der Waals surface area contributed by atoms with Crippen molar-refractivity contribution >= 4 is 11.9 Å². The van der Waals surface area contributed by atoms with Gasteiger partial charge in [0.25, 0.3) is 5.91 Å². The van der Waals surface area contributed by atoms with Gasteiger partial charge in [-0.15, -0.1) is 0 Å². The van der Waals surface area contributed by atoms with Crippen LogP contribution in [0.1, 0.15) is 50.5 Å². The zero-order valence-corrected chi connectivity index (χ0v) is 13.3. The monoisotopic (exact) mass is 305 g/mol. The lowest BCUT2D eigenvalue weighted by molar-refractivity contribution is -0.130. The predicted molar refractivity (Wildman–Crippen MR) is 81.0 cm³/mol. The Morgan fingerprint density at radius 3 is 2.77 bits per heavy atom. The van der Waals surface area contributed by atoms with Crippen LogP contribution in [0.4, 0.5) is 0 Å². The van der Waals surface area contributed by atoms with Crippen LogP contribution in [0.25, 0.3) is 0 Å². The van der Waals surface area contributed by atoms with Gasteiger partial charge in [-0.25, -0.2) is 9.78 Å². The van der Waals surface area contributed by atoms with Crippen LogP contribution in [-0.4, -0.2) is 34.0 Å². The summed E-state index contributed by atoms with van der Waals surface area (Å²) in [4.78, 5) is 31.7. The Morgan fingerprint density at radius 1 is 1.32 bits per heavy atom. The number of esters is 1. The highest BCUT2D eigenvalue weighted by Gasteiger charge is 2.30. The summed E-state index contributed by atoms with van der Waals surface area (Å²) in [6.07, 6.45) is 6.64. The molecule has 1 amide bonds. The van der Waals surface area contributed by atoms with Gasteiger partial charge in [0, 0.05) is 18.4 Å². The Bertz CT molecular complexity index is 521. The van der Waals surface area contributed by atoms with E-state index in [9.17, 15) is 9.59 Å². The Kier molecular flexibility index (Phi) is 5.46. The summed E-state index contributed by atoms with van der Waals surface area (Å²) in [5, 5.41) is 3.00. The first kappa shape index (κ1) is 16.4. The molecule has 4 atom stereocenters. The van der Waals surface area contributed by atoms with E-state index in [1.807, 2.05) is 0 Å². The van der Waals surface area contributed by atoms with Crippen LogP contribution < -0.4 is 5.32 Å². The van der Waals surface area contributed by atoms with Gasteiger partial charge in [0.15, 0.2) is 11.8 Å². The molecule has 0 saturated heterocycles. The molecule has 120 valence electrons. The van der Waals surface area contributed by atoms with Crippen molar-refractivity contribution in [3.8, 4) is 0 Å². The number of hydrogen-bond acceptors (Lipinski definition) is 5. The standard InChI is InChI=1S/C16H23N3O3/c1-10-5-4-6-13(11(10)2)19-15(20)12(3)22-16(21)14-9-17-7-8-18-14/h7-13H,4-6H2,1-3H3,(H,19,20). The Morgan fingerprint density at radius 2 is 2.09 bits per heavy atom. The highest BCUT2D eigenvalue weighted by atomic mass is 16.5. The number of rotatable bonds is 4. The molecular weight excluding hydrogens is 282 g/mol. The van der Waals surface area contributed by atoms with Crippen LogP contribution in [0.15, 0.2) is 18.6 Å². The minimum atomic E-state index is -0.848. The molecule has 2 rings (SSSR count). The molecule has 1 saturated carbocycles. The number of carbonyl (C=O) groups is 2. The lowest BCUT2D eigenvalue weighted by atomic mass is 9.78. The van der Waals surface area contributed by atoms with Crippen LogP contribution in [0.2, 0.25) is 0 Å². The first-order valence-corrected chi connectivity index (χ1v) is 7.76. The van der Waals surface area contributed by atoms with Crippen molar-refractivity contribution in [1.29, 1.82) is 0 Å². The van der Waals surface area contributed by atoms with Crippen molar-refractivity contribution < 1.29 is 14.3 Å². The molecule has 1 aliphatic rings. The Balaban J connectivity index is 1.88. The van der Waals surface area contributed by atoms with Crippen molar-refractivity contribution in [2.75, 3.05) is 0 Å². The third-order valence-electron chi connectivity index (χ3n) is 4.46. The van der Waals surface area contributed by atoms with Crippen molar-refractivity contribution in [3.05, 3.63) is 24.3 Å². The van der Waals surface area contributed by atoms with Gasteiger partial charge in [0.05, 0.1) is 6.20 Å². The molecule has 0 aromatic carbocycles. The number of ether oxygens (including phenoxy) is 1. The molecule has 1 heterocycles. The third kappa shape index (κ3) is 4.02. The quantitative estimate of drug-likeness (QED) is 0.860. The molecule has 0 radical (unpaired) electrons. The largest absolute Gasteiger partial charge is 0.448 e. The van der Waals surface area contributed by atoms with Crippen molar-refractivity contribution in [3.63, 3.8) is 0 Å². The fourth-order valence-corrected chi connectivity index (χ4v) is 2.76. The van der Waals surface area contributed by atoms with Gasteiger partial charge >= 0.3 is 5.97 Å². The summed E-state index contributed by atoms with van der Waals surface area (Å²) in [6.45, 7) is 5.94. The molecule has 0 aliphatic heterocycles. The molecule has 0 bridgehead atoms. The zero-order valence-electron chi connectivity index (χ0n) is 13.3. The van der Waals surface area contributed by atoms with E-state index in [1.165, 1.54) is 25.0 Å². The smallest absolute Gasteiger partial charge is 0.359 e. The highest BCUT2D eigenvalue weighted by molar-refractivity contribution is 5.90. The normalized spacial score (nSPS) is 26.0. The number of nitrogens with one attached hydrogen (secondary N) is 1. The SMILES string of the molecule is CC(OC(=O)c1cnccn1)C(=O)NC1CCCC(C)C1C. The number of amides is 1. The fourth-order valence-electron chi connectivity index (χ4n) is 2.76. The lowest BCUT2D eigenvalue weighted by Crippen LogP contribution is -2.47. The molecule has 0 spiro atoms. The van der Waals surface area contributed by atoms with Gasteiger partial charge in [0.1, 0.15) is 0 Å². The highest BCUT2D eigenvalue weighted by Crippen LogP contribution is 2.29. The van der Waals surface area contributed by atoms with E-state index in [2.05, 4.69) is 29.1 Å². The molecule has 1 aromatic rings. The van der Waals surface area contributed by atoms with Gasteiger partial charge in [0.2, 0.25) is 0 Å². The summed E-state index contributed by atoms with van der Waals surface area (Å²) in [7, 11) is 0. The second-order valence-corrected chi connectivity index (χ2v) is 6.02. The van der Waals surface area contributed by atoms with Gasteiger partial charge in [-0.1, -0.05) is 26.7 Å². The van der Waals surface area contributed by atoms with Crippen LogP contribution >= 0.6 is 0 Å². The van der Waals surface area contributed by atoms with E-state index < -0.39 is 12.1 Å². The molecule has 1 fully saturated rings. The van der Waals surface area contributed by atoms with Crippen LogP contribution in [0.5, 0.6) is 0 Å². The first-order chi connectivity index (χ1) is 10.5. The van der Waals surface area contributed by atoms with Crippen LogP contribution in [0, 0.1) is 11.8 Å². The van der Waals surface area contributed by atoms with E-state index >= 15 is 0 Å². The predicted octanol–water partition coefficient (Wildman–Crippen LogP) is 1.96. The Labute approximate surface area is 130 Å². The number of aromatic nitrogens is 2. The van der Waals surface area contributed by atoms with Crippen LogP contribution in [-0.2, 0) is 9.53 Å². The van der Waals surface area contributed by atoms with Gasteiger partial charge in [-0.3, -0.25) is 9.78 Å². The second kappa shape index (κ2) is 7.33. The topological polar surface area (TPSA) is 81.2 Å². The minimum absolute atomic E-state index is 0.0989. The molecule has 1 N–H and O–H groups in total. The zero-order chi connectivity index (χ0) is 16.1. The van der Waals surface area contributed by atoms with Gasteiger partial charge < -0.3 is 10.1 Å². The molecule has 22 heavy (non-hydrogen) atoms. The van der Waals surface area contributed by atoms with Gasteiger partial charge in [-0.05, 0) is 25.2 Å². The molecular formula is C16H23N3O3. The molecule has 6 nitrogen and oxygen atoms in total. The summed E-state index contributed by atoms with van der Waals surface area (Å²) < 4.78 is 5.15. The maximum Gasteiger partial charge on any atom is 0.359 e. The molecule has 1 aliphatic carbocycles. The summed E-state index contributed by atoms with van der Waals surface area (Å²) >= 11 is 0. The van der Waals surface area contributed by atoms with E-state index in [4.69, 9.17) is 4.74 Å². The average Bonchev–Trinajstić information content (AvgIpc) is 2.52. The molecule has 6 heteroatoms. The van der Waals surface area contributed by atoms with Crippen molar-refractivity contribution in [2.45, 2.75) is 52.2 Å². The molecule has 1 aromatic heterocycles. The van der Waals surface area contributed by atoms with Crippen LogP contribution in [0.3, 0.4) is 0 Å². The number of nitrogens with zero attached hydrogens (tertiary/aromatic N) is 2. The van der Waals surface area contributed by atoms with E-state index in [-0.39, 0.29) is 17.6 Å². The van der Waals surface area contributed by atoms with Gasteiger partial charge in [-0.2, -0.15) is 0 Å². The average molecular weight is 305 g/mol. The first-order valence-electron chi connectivity index (χ1n) is 7.76. The number of carbonyl (C=O) groups excluding carboxylic acids is 2. The maximum absolute atomic E-state index is 12.2. The second-order valence-electron chi connectivity index (χ2n) is 6.02.